The van der Waals surface area contributed by atoms with Gasteiger partial charge in [-0.25, -0.2) is 4.98 Å². The molecule has 0 aliphatic carbocycles. The summed E-state index contributed by atoms with van der Waals surface area (Å²) < 4.78 is 4.08. The highest BCUT2D eigenvalue weighted by atomic mass is 15.3. The van der Waals surface area contributed by atoms with Crippen LogP contribution < -0.4 is 5.32 Å². The van der Waals surface area contributed by atoms with Crippen molar-refractivity contribution in [3.8, 4) is 0 Å². The Balaban J connectivity index is 1.97. The van der Waals surface area contributed by atoms with Gasteiger partial charge >= 0.3 is 0 Å². The van der Waals surface area contributed by atoms with Crippen LogP contribution in [0.5, 0.6) is 0 Å². The van der Waals surface area contributed by atoms with E-state index in [0.717, 1.165) is 43.9 Å². The molecule has 0 aliphatic heterocycles. The lowest BCUT2D eigenvalue weighted by Gasteiger charge is -2.02. The monoisotopic (exact) mass is 261 g/mol. The predicted octanol–water partition coefficient (Wildman–Crippen LogP) is 1.38. The van der Waals surface area contributed by atoms with Gasteiger partial charge in [0.15, 0.2) is 0 Å². The van der Waals surface area contributed by atoms with Crippen molar-refractivity contribution in [1.29, 1.82) is 0 Å². The molecule has 5 heteroatoms. The van der Waals surface area contributed by atoms with Gasteiger partial charge in [-0.15, -0.1) is 0 Å². The van der Waals surface area contributed by atoms with Crippen LogP contribution in [0.25, 0.3) is 0 Å². The standard InChI is InChI=1S/C14H23N5/c1-4-12-8-14(18(3)17-12)10-19-9-13(16-11-19)6-7-15-5-2/h8-9,11,15H,4-7,10H2,1-3H3. The Morgan fingerprint density at radius 3 is 2.79 bits per heavy atom. The molecule has 0 bridgehead atoms. The second-order valence-corrected chi connectivity index (χ2v) is 4.75. The van der Waals surface area contributed by atoms with E-state index < -0.39 is 0 Å². The number of aromatic nitrogens is 4. The first kappa shape index (κ1) is 13.8. The van der Waals surface area contributed by atoms with Crippen molar-refractivity contribution in [3.05, 3.63) is 35.7 Å². The summed E-state index contributed by atoms with van der Waals surface area (Å²) in [5, 5.41) is 7.78. The van der Waals surface area contributed by atoms with Gasteiger partial charge in [0.2, 0.25) is 0 Å². The van der Waals surface area contributed by atoms with Crippen LogP contribution in [0.1, 0.15) is 30.9 Å². The van der Waals surface area contributed by atoms with Crippen molar-refractivity contribution in [2.75, 3.05) is 13.1 Å². The number of rotatable bonds is 7. The van der Waals surface area contributed by atoms with E-state index in [1.165, 1.54) is 5.69 Å². The molecule has 2 heterocycles. The Hall–Kier alpha value is -1.62. The van der Waals surface area contributed by atoms with E-state index in [1.54, 1.807) is 0 Å². The molecule has 0 aromatic carbocycles. The van der Waals surface area contributed by atoms with E-state index in [1.807, 2.05) is 18.1 Å². The van der Waals surface area contributed by atoms with Crippen LogP contribution in [0.3, 0.4) is 0 Å². The number of likely N-dealkylation sites (N-methyl/N-ethyl adjacent to an activating group) is 1. The maximum absolute atomic E-state index is 4.47. The SMILES string of the molecule is CCNCCc1cn(Cc2cc(CC)nn2C)cn1. The molecule has 0 aliphatic rings. The normalized spacial score (nSPS) is 11.1. The Kier molecular flexibility index (Phi) is 4.74. The van der Waals surface area contributed by atoms with Gasteiger partial charge in [-0.05, 0) is 19.0 Å². The summed E-state index contributed by atoms with van der Waals surface area (Å²) in [5.41, 5.74) is 3.50. The van der Waals surface area contributed by atoms with Crippen molar-refractivity contribution in [1.82, 2.24) is 24.6 Å². The number of nitrogens with zero attached hydrogens (tertiary/aromatic N) is 4. The second-order valence-electron chi connectivity index (χ2n) is 4.75. The molecule has 0 radical (unpaired) electrons. The largest absolute Gasteiger partial charge is 0.331 e. The Morgan fingerprint density at radius 1 is 1.26 bits per heavy atom. The van der Waals surface area contributed by atoms with E-state index in [0.29, 0.717) is 0 Å². The number of hydrogen-bond acceptors (Lipinski definition) is 3. The average molecular weight is 261 g/mol. The van der Waals surface area contributed by atoms with Crippen LogP contribution in [0.15, 0.2) is 18.6 Å². The van der Waals surface area contributed by atoms with Gasteiger partial charge in [0.25, 0.3) is 0 Å². The smallest absolute Gasteiger partial charge is 0.0953 e. The highest BCUT2D eigenvalue weighted by molar-refractivity contribution is 5.11. The molecule has 2 rings (SSSR count). The van der Waals surface area contributed by atoms with Crippen LogP contribution in [-0.2, 0) is 26.4 Å². The lowest BCUT2D eigenvalue weighted by molar-refractivity contribution is 0.659. The van der Waals surface area contributed by atoms with Crippen molar-refractivity contribution in [2.24, 2.45) is 7.05 Å². The fourth-order valence-electron chi connectivity index (χ4n) is 2.09. The van der Waals surface area contributed by atoms with Crippen molar-refractivity contribution < 1.29 is 0 Å². The van der Waals surface area contributed by atoms with E-state index in [4.69, 9.17) is 0 Å². The first-order chi connectivity index (χ1) is 9.22. The number of aryl methyl sites for hydroxylation is 2. The van der Waals surface area contributed by atoms with Gasteiger partial charge in [-0.2, -0.15) is 5.10 Å². The number of imidazole rings is 1. The van der Waals surface area contributed by atoms with Gasteiger partial charge in [0.05, 0.1) is 30.0 Å². The lowest BCUT2D eigenvalue weighted by atomic mass is 10.3. The summed E-state index contributed by atoms with van der Waals surface area (Å²) in [7, 11) is 2.00. The van der Waals surface area contributed by atoms with E-state index in [9.17, 15) is 0 Å². The van der Waals surface area contributed by atoms with E-state index in [2.05, 4.69) is 46.1 Å². The van der Waals surface area contributed by atoms with Crippen LogP contribution in [0.2, 0.25) is 0 Å². The van der Waals surface area contributed by atoms with Gasteiger partial charge in [0, 0.05) is 26.2 Å². The third-order valence-electron chi connectivity index (χ3n) is 3.23. The molecule has 1 N–H and O–H groups in total. The summed E-state index contributed by atoms with van der Waals surface area (Å²) in [6.07, 6.45) is 5.98. The van der Waals surface area contributed by atoms with Crippen LogP contribution >= 0.6 is 0 Å². The molecule has 0 saturated carbocycles. The summed E-state index contributed by atoms with van der Waals surface area (Å²) >= 11 is 0. The molecule has 0 atom stereocenters. The fourth-order valence-corrected chi connectivity index (χ4v) is 2.09. The van der Waals surface area contributed by atoms with Gasteiger partial charge in [0.1, 0.15) is 0 Å². The summed E-state index contributed by atoms with van der Waals surface area (Å²) in [5.74, 6) is 0. The maximum atomic E-state index is 4.47. The minimum absolute atomic E-state index is 0.831. The van der Waals surface area contributed by atoms with Crippen molar-refractivity contribution in [3.63, 3.8) is 0 Å². The third-order valence-corrected chi connectivity index (χ3v) is 3.23. The Labute approximate surface area is 114 Å². The minimum Gasteiger partial charge on any atom is -0.331 e. The maximum Gasteiger partial charge on any atom is 0.0953 e. The van der Waals surface area contributed by atoms with Crippen LogP contribution in [0, 0.1) is 0 Å². The molecule has 0 fully saturated rings. The summed E-state index contributed by atoms with van der Waals surface area (Å²) in [6, 6.07) is 2.16. The molecule has 104 valence electrons. The second kappa shape index (κ2) is 6.52. The van der Waals surface area contributed by atoms with Crippen molar-refractivity contribution in [2.45, 2.75) is 33.2 Å². The molecule has 0 amide bonds. The molecule has 19 heavy (non-hydrogen) atoms. The predicted molar refractivity (Wildman–Crippen MR) is 76.2 cm³/mol. The summed E-state index contributed by atoms with van der Waals surface area (Å²) in [4.78, 5) is 4.43. The molecule has 2 aromatic rings. The average Bonchev–Trinajstić information content (AvgIpc) is 2.98. The van der Waals surface area contributed by atoms with Crippen LogP contribution in [-0.4, -0.2) is 32.4 Å². The Morgan fingerprint density at radius 2 is 2.11 bits per heavy atom. The molecule has 5 nitrogen and oxygen atoms in total. The lowest BCUT2D eigenvalue weighted by Crippen LogP contribution is -2.16. The molecule has 2 aromatic heterocycles. The van der Waals surface area contributed by atoms with E-state index in [-0.39, 0.29) is 0 Å². The molecular weight excluding hydrogens is 238 g/mol. The number of nitrogens with one attached hydrogen (secondary N) is 1. The van der Waals surface area contributed by atoms with Gasteiger partial charge in [-0.1, -0.05) is 13.8 Å². The first-order valence-corrected chi connectivity index (χ1v) is 6.96. The third kappa shape index (κ3) is 3.67. The Bertz CT molecular complexity index is 512. The zero-order valence-corrected chi connectivity index (χ0v) is 12.1. The van der Waals surface area contributed by atoms with Crippen molar-refractivity contribution >= 4 is 0 Å². The quantitative estimate of drug-likeness (QED) is 0.766. The van der Waals surface area contributed by atoms with E-state index >= 15 is 0 Å². The van der Waals surface area contributed by atoms with Gasteiger partial charge < -0.3 is 9.88 Å². The zero-order valence-electron chi connectivity index (χ0n) is 12.1. The number of hydrogen-bond donors (Lipinski definition) is 1. The summed E-state index contributed by atoms with van der Waals surface area (Å²) in [6.45, 7) is 7.07. The topological polar surface area (TPSA) is 47.7 Å². The molecular formula is C14H23N5. The molecule has 0 spiro atoms. The minimum atomic E-state index is 0.831. The highest BCUT2D eigenvalue weighted by Crippen LogP contribution is 2.07. The highest BCUT2D eigenvalue weighted by Gasteiger charge is 2.05. The van der Waals surface area contributed by atoms with Gasteiger partial charge in [-0.3, -0.25) is 4.68 Å². The first-order valence-electron chi connectivity index (χ1n) is 6.96. The molecule has 0 unspecified atom stereocenters. The molecule has 0 saturated heterocycles. The van der Waals surface area contributed by atoms with Crippen LogP contribution in [0.4, 0.5) is 0 Å². The zero-order chi connectivity index (χ0) is 13.7. The fraction of sp³-hybridized carbons (Fsp3) is 0.571.